The number of amides is 1. The average Bonchev–Trinajstić information content (AvgIpc) is 2.45. The van der Waals surface area contributed by atoms with E-state index < -0.39 is 0 Å². The maximum atomic E-state index is 11.2. The molecule has 1 aromatic rings. The van der Waals surface area contributed by atoms with Gasteiger partial charge in [0.15, 0.2) is 0 Å². The molecule has 0 spiro atoms. The summed E-state index contributed by atoms with van der Waals surface area (Å²) in [6.45, 7) is 3.99. The largest absolute Gasteiger partial charge is 0.343 e. The number of nitrogens with one attached hydrogen (secondary N) is 1. The molecule has 4 heteroatoms. The summed E-state index contributed by atoms with van der Waals surface area (Å²) >= 11 is 0. The lowest BCUT2D eigenvalue weighted by atomic mass is 10.0. The SMILES string of the molecule is CC(=O)N1CCC(NCc2ccccc2C#N)CC1. The lowest BCUT2D eigenvalue weighted by molar-refractivity contribution is -0.129. The summed E-state index contributed by atoms with van der Waals surface area (Å²) in [7, 11) is 0. The Morgan fingerprint density at radius 1 is 1.42 bits per heavy atom. The first-order valence-corrected chi connectivity index (χ1v) is 6.67. The molecule has 0 aromatic heterocycles. The van der Waals surface area contributed by atoms with Gasteiger partial charge < -0.3 is 10.2 Å². The third kappa shape index (κ3) is 3.55. The Kier molecular flexibility index (Phi) is 4.53. The van der Waals surface area contributed by atoms with Crippen LogP contribution in [-0.2, 0) is 11.3 Å². The third-order valence-corrected chi connectivity index (χ3v) is 3.66. The van der Waals surface area contributed by atoms with Crippen LogP contribution in [0.15, 0.2) is 24.3 Å². The van der Waals surface area contributed by atoms with Gasteiger partial charge in [0, 0.05) is 32.6 Å². The molecule has 1 saturated heterocycles. The Morgan fingerprint density at radius 2 is 2.11 bits per heavy atom. The van der Waals surface area contributed by atoms with Gasteiger partial charge in [0.1, 0.15) is 0 Å². The fourth-order valence-corrected chi connectivity index (χ4v) is 2.44. The Morgan fingerprint density at radius 3 is 2.74 bits per heavy atom. The maximum absolute atomic E-state index is 11.2. The molecule has 0 unspecified atom stereocenters. The quantitative estimate of drug-likeness (QED) is 0.896. The number of rotatable bonds is 3. The summed E-state index contributed by atoms with van der Waals surface area (Å²) < 4.78 is 0. The zero-order chi connectivity index (χ0) is 13.7. The van der Waals surface area contributed by atoms with Gasteiger partial charge in [-0.2, -0.15) is 5.26 Å². The van der Waals surface area contributed by atoms with Crippen LogP contribution in [0, 0.1) is 11.3 Å². The smallest absolute Gasteiger partial charge is 0.219 e. The van der Waals surface area contributed by atoms with Crippen molar-refractivity contribution < 1.29 is 4.79 Å². The zero-order valence-electron chi connectivity index (χ0n) is 11.2. The molecule has 1 amide bonds. The second-order valence-electron chi connectivity index (χ2n) is 4.93. The molecule has 1 fully saturated rings. The van der Waals surface area contributed by atoms with E-state index in [1.165, 1.54) is 0 Å². The first-order valence-electron chi connectivity index (χ1n) is 6.67. The Hall–Kier alpha value is -1.86. The van der Waals surface area contributed by atoms with Crippen molar-refractivity contribution in [3.63, 3.8) is 0 Å². The maximum Gasteiger partial charge on any atom is 0.219 e. The monoisotopic (exact) mass is 257 g/mol. The fourth-order valence-electron chi connectivity index (χ4n) is 2.44. The molecule has 1 aliphatic rings. The molecular formula is C15H19N3O. The minimum Gasteiger partial charge on any atom is -0.343 e. The van der Waals surface area contributed by atoms with Crippen molar-refractivity contribution in [1.29, 1.82) is 5.26 Å². The molecule has 0 aliphatic carbocycles. The minimum absolute atomic E-state index is 0.160. The summed E-state index contributed by atoms with van der Waals surface area (Å²) in [6, 6.07) is 10.3. The third-order valence-electron chi connectivity index (χ3n) is 3.66. The number of hydrogen-bond acceptors (Lipinski definition) is 3. The van der Waals surface area contributed by atoms with Crippen LogP contribution >= 0.6 is 0 Å². The zero-order valence-corrected chi connectivity index (χ0v) is 11.2. The molecule has 1 aromatic carbocycles. The predicted molar refractivity (Wildman–Crippen MR) is 73.3 cm³/mol. The van der Waals surface area contributed by atoms with Crippen LogP contribution in [0.2, 0.25) is 0 Å². The van der Waals surface area contributed by atoms with Gasteiger partial charge in [-0.3, -0.25) is 4.79 Å². The van der Waals surface area contributed by atoms with E-state index in [4.69, 9.17) is 5.26 Å². The van der Waals surface area contributed by atoms with Crippen molar-refractivity contribution in [2.45, 2.75) is 32.4 Å². The summed E-state index contributed by atoms with van der Waals surface area (Å²) in [5, 5.41) is 12.5. The molecule has 0 atom stereocenters. The van der Waals surface area contributed by atoms with Crippen LogP contribution in [0.4, 0.5) is 0 Å². The van der Waals surface area contributed by atoms with E-state index in [0.717, 1.165) is 37.1 Å². The van der Waals surface area contributed by atoms with Gasteiger partial charge in [0.25, 0.3) is 0 Å². The van der Waals surface area contributed by atoms with Crippen molar-refractivity contribution >= 4 is 5.91 Å². The number of piperidine rings is 1. The molecule has 1 aliphatic heterocycles. The van der Waals surface area contributed by atoms with Crippen molar-refractivity contribution in [1.82, 2.24) is 10.2 Å². The molecule has 100 valence electrons. The molecular weight excluding hydrogens is 238 g/mol. The number of nitriles is 1. The predicted octanol–water partition coefficient (Wildman–Crippen LogP) is 1.66. The van der Waals surface area contributed by atoms with E-state index in [1.807, 2.05) is 29.2 Å². The van der Waals surface area contributed by atoms with E-state index >= 15 is 0 Å². The summed E-state index contributed by atoms with van der Waals surface area (Å²) in [5.74, 6) is 0.160. The molecule has 4 nitrogen and oxygen atoms in total. The average molecular weight is 257 g/mol. The standard InChI is InChI=1S/C15H19N3O/c1-12(19)18-8-6-15(7-9-18)17-11-14-5-3-2-4-13(14)10-16/h2-5,15,17H,6-9,11H2,1H3. The van der Waals surface area contributed by atoms with E-state index in [9.17, 15) is 4.79 Å². The number of benzene rings is 1. The summed E-state index contributed by atoms with van der Waals surface area (Å²) in [6.07, 6.45) is 1.96. The number of likely N-dealkylation sites (tertiary alicyclic amines) is 1. The van der Waals surface area contributed by atoms with Crippen LogP contribution in [0.25, 0.3) is 0 Å². The highest BCUT2D eigenvalue weighted by Gasteiger charge is 2.20. The highest BCUT2D eigenvalue weighted by atomic mass is 16.2. The number of hydrogen-bond donors (Lipinski definition) is 1. The van der Waals surface area contributed by atoms with Gasteiger partial charge in [-0.25, -0.2) is 0 Å². The number of nitrogens with zero attached hydrogens (tertiary/aromatic N) is 2. The minimum atomic E-state index is 0.160. The number of carbonyl (C=O) groups excluding carboxylic acids is 1. The molecule has 0 saturated carbocycles. The second kappa shape index (κ2) is 6.35. The molecule has 2 rings (SSSR count). The van der Waals surface area contributed by atoms with Gasteiger partial charge >= 0.3 is 0 Å². The van der Waals surface area contributed by atoms with Crippen molar-refractivity contribution in [2.75, 3.05) is 13.1 Å². The van der Waals surface area contributed by atoms with Crippen molar-refractivity contribution in [3.05, 3.63) is 35.4 Å². The van der Waals surface area contributed by atoms with Crippen molar-refractivity contribution in [2.24, 2.45) is 0 Å². The Balaban J connectivity index is 1.84. The number of carbonyl (C=O) groups is 1. The van der Waals surface area contributed by atoms with Gasteiger partial charge in [-0.15, -0.1) is 0 Å². The highest BCUT2D eigenvalue weighted by Crippen LogP contribution is 2.12. The normalized spacial score (nSPS) is 16.1. The lowest BCUT2D eigenvalue weighted by Gasteiger charge is -2.31. The topological polar surface area (TPSA) is 56.1 Å². The molecule has 1 heterocycles. The van der Waals surface area contributed by atoms with Crippen LogP contribution in [0.5, 0.6) is 0 Å². The van der Waals surface area contributed by atoms with Gasteiger partial charge in [0.2, 0.25) is 5.91 Å². The van der Waals surface area contributed by atoms with Crippen LogP contribution < -0.4 is 5.32 Å². The molecule has 1 N–H and O–H groups in total. The van der Waals surface area contributed by atoms with E-state index in [1.54, 1.807) is 6.92 Å². The molecule has 19 heavy (non-hydrogen) atoms. The van der Waals surface area contributed by atoms with Crippen LogP contribution in [0.3, 0.4) is 0 Å². The first-order chi connectivity index (χ1) is 9.20. The van der Waals surface area contributed by atoms with E-state index in [0.29, 0.717) is 12.6 Å². The fraction of sp³-hybridized carbons (Fsp3) is 0.467. The van der Waals surface area contributed by atoms with Gasteiger partial charge in [-0.1, -0.05) is 18.2 Å². The van der Waals surface area contributed by atoms with Crippen LogP contribution in [0.1, 0.15) is 30.9 Å². The highest BCUT2D eigenvalue weighted by molar-refractivity contribution is 5.73. The lowest BCUT2D eigenvalue weighted by Crippen LogP contribution is -2.44. The van der Waals surface area contributed by atoms with Crippen molar-refractivity contribution in [3.8, 4) is 6.07 Å². The summed E-state index contributed by atoms with van der Waals surface area (Å²) in [5.41, 5.74) is 1.77. The summed E-state index contributed by atoms with van der Waals surface area (Å²) in [4.78, 5) is 13.1. The van der Waals surface area contributed by atoms with E-state index in [2.05, 4.69) is 11.4 Å². The second-order valence-corrected chi connectivity index (χ2v) is 4.93. The van der Waals surface area contributed by atoms with E-state index in [-0.39, 0.29) is 5.91 Å². The van der Waals surface area contributed by atoms with Crippen LogP contribution in [-0.4, -0.2) is 29.9 Å². The molecule has 0 bridgehead atoms. The van der Waals surface area contributed by atoms with Gasteiger partial charge in [-0.05, 0) is 24.5 Å². The first kappa shape index (κ1) is 13.6. The van der Waals surface area contributed by atoms with Gasteiger partial charge in [0.05, 0.1) is 11.6 Å². The molecule has 0 radical (unpaired) electrons. The Labute approximate surface area is 114 Å². The Bertz CT molecular complexity index is 484.